The molecule has 0 aromatic rings. The molecule has 0 aliphatic heterocycles. The highest BCUT2D eigenvalue weighted by Crippen LogP contribution is 2.17. The number of carbonyl (C=O) groups excluding carboxylic acids is 3. The van der Waals surface area contributed by atoms with Gasteiger partial charge in [-0.05, 0) is 51.4 Å². The number of hydrogen-bond acceptors (Lipinski definition) is 8. The summed E-state index contributed by atoms with van der Waals surface area (Å²) in [7, 11) is 5.93. The summed E-state index contributed by atoms with van der Waals surface area (Å²) in [4.78, 5) is 37.3. The molecule has 9 nitrogen and oxygen atoms in total. The fourth-order valence-electron chi connectivity index (χ4n) is 8.71. The number of carboxylic acid groups (broad SMARTS) is 1. The molecule has 0 radical (unpaired) electrons. The number of rotatable bonds is 56. The quantitative estimate of drug-likeness (QED) is 0.0195. The molecular weight excluding hydrogens is 899 g/mol. The number of carbonyl (C=O) groups is 3. The van der Waals surface area contributed by atoms with Crippen LogP contribution in [0.5, 0.6) is 0 Å². The normalized spacial score (nSPS) is 13.1. The molecule has 0 fully saturated rings. The van der Waals surface area contributed by atoms with Crippen LogP contribution in [0.2, 0.25) is 0 Å². The number of hydrogen-bond donors (Lipinski definition) is 0. The number of esters is 2. The van der Waals surface area contributed by atoms with Gasteiger partial charge in [0.05, 0.1) is 40.3 Å². The number of allylic oxidation sites excluding steroid dienone is 8. The first kappa shape index (κ1) is 69.2. The molecule has 0 saturated heterocycles. The highest BCUT2D eigenvalue weighted by molar-refractivity contribution is 5.70. The van der Waals surface area contributed by atoms with Crippen LogP contribution in [-0.2, 0) is 33.3 Å². The van der Waals surface area contributed by atoms with Gasteiger partial charge < -0.3 is 33.3 Å². The molecular formula is C63H115NO8. The maximum Gasteiger partial charge on any atom is 0.306 e. The van der Waals surface area contributed by atoms with Crippen molar-refractivity contribution in [2.75, 3.05) is 47.5 Å². The summed E-state index contributed by atoms with van der Waals surface area (Å²) in [5.41, 5.74) is 0. The maximum atomic E-state index is 12.9. The van der Waals surface area contributed by atoms with Gasteiger partial charge in [-0.2, -0.15) is 0 Å². The average molecular weight is 1010 g/mol. The van der Waals surface area contributed by atoms with E-state index in [0.29, 0.717) is 23.9 Å². The largest absolute Gasteiger partial charge is 0.545 e. The Labute approximate surface area is 444 Å². The Kier molecular flexibility index (Phi) is 52.4. The predicted octanol–water partition coefficient (Wildman–Crippen LogP) is 16.5. The van der Waals surface area contributed by atoms with Gasteiger partial charge in [0.15, 0.2) is 12.4 Å². The lowest BCUT2D eigenvalue weighted by Crippen LogP contribution is -2.44. The third kappa shape index (κ3) is 55.0. The van der Waals surface area contributed by atoms with E-state index in [-0.39, 0.29) is 32.2 Å². The number of unbranched alkanes of at least 4 members (excludes halogenated alkanes) is 33. The first-order chi connectivity index (χ1) is 35.1. The summed E-state index contributed by atoms with van der Waals surface area (Å²) in [6.45, 7) is 4.67. The molecule has 0 saturated carbocycles. The van der Waals surface area contributed by atoms with Crippen molar-refractivity contribution in [1.82, 2.24) is 0 Å². The van der Waals surface area contributed by atoms with Crippen molar-refractivity contribution in [3.63, 3.8) is 0 Å². The van der Waals surface area contributed by atoms with E-state index in [1.807, 2.05) is 21.1 Å². The van der Waals surface area contributed by atoms with Crippen molar-refractivity contribution in [2.24, 2.45) is 0 Å². The Balaban J connectivity index is 4.20. The predicted molar refractivity (Wildman–Crippen MR) is 302 cm³/mol. The summed E-state index contributed by atoms with van der Waals surface area (Å²) in [6, 6.07) is 0. The molecule has 0 heterocycles. The molecule has 9 heteroatoms. The third-order valence-corrected chi connectivity index (χ3v) is 13.3. The van der Waals surface area contributed by atoms with E-state index in [4.69, 9.17) is 18.9 Å². The second kappa shape index (κ2) is 54.5. The van der Waals surface area contributed by atoms with Crippen LogP contribution in [-0.4, -0.2) is 82.3 Å². The van der Waals surface area contributed by atoms with Crippen LogP contribution in [0.15, 0.2) is 48.6 Å². The van der Waals surface area contributed by atoms with E-state index in [2.05, 4.69) is 62.5 Å². The second-order valence-corrected chi connectivity index (χ2v) is 21.6. The van der Waals surface area contributed by atoms with Crippen molar-refractivity contribution < 1.29 is 42.9 Å². The Bertz CT molecular complexity index is 1320. The fraction of sp³-hybridized carbons (Fsp3) is 0.825. The zero-order chi connectivity index (χ0) is 52.7. The van der Waals surface area contributed by atoms with Gasteiger partial charge in [0.2, 0.25) is 0 Å². The fourth-order valence-corrected chi connectivity index (χ4v) is 8.71. The van der Waals surface area contributed by atoms with Crippen molar-refractivity contribution in [2.45, 2.75) is 289 Å². The minimum absolute atomic E-state index is 0.147. The SMILES string of the molecule is CC/C=C\C/C=C\C/C=C\C/C=C\CCCCCCCCCCCCC(=O)OC(COC(=O)CCCCCCCCCCCCCCCCCCCCCCCCCC)COC(OCC[N+](C)(C)C)C(=O)[O-]. The van der Waals surface area contributed by atoms with Gasteiger partial charge in [-0.3, -0.25) is 9.59 Å². The lowest BCUT2D eigenvalue weighted by Gasteiger charge is -2.26. The third-order valence-electron chi connectivity index (χ3n) is 13.3. The number of likely N-dealkylation sites (N-methyl/N-ethyl adjacent to an activating group) is 1. The number of aliphatic carboxylic acids is 1. The minimum Gasteiger partial charge on any atom is -0.545 e. The minimum atomic E-state index is -1.62. The Morgan fingerprint density at radius 2 is 0.792 bits per heavy atom. The van der Waals surface area contributed by atoms with Crippen molar-refractivity contribution in [3.05, 3.63) is 48.6 Å². The highest BCUT2D eigenvalue weighted by atomic mass is 16.7. The van der Waals surface area contributed by atoms with Crippen LogP contribution in [0.25, 0.3) is 0 Å². The molecule has 2 atom stereocenters. The topological polar surface area (TPSA) is 111 Å². The van der Waals surface area contributed by atoms with E-state index in [0.717, 1.165) is 70.6 Å². The van der Waals surface area contributed by atoms with E-state index < -0.39 is 24.3 Å². The van der Waals surface area contributed by atoms with Crippen molar-refractivity contribution >= 4 is 17.9 Å². The first-order valence-corrected chi connectivity index (χ1v) is 30.3. The molecule has 0 amide bonds. The summed E-state index contributed by atoms with van der Waals surface area (Å²) in [6.07, 6.45) is 64.5. The van der Waals surface area contributed by atoms with E-state index in [1.54, 1.807) is 0 Å². The van der Waals surface area contributed by atoms with E-state index in [9.17, 15) is 19.5 Å². The average Bonchev–Trinajstić information content (AvgIpc) is 3.35. The van der Waals surface area contributed by atoms with Crippen LogP contribution in [0.4, 0.5) is 0 Å². The number of ether oxygens (including phenoxy) is 4. The molecule has 0 N–H and O–H groups in total. The van der Waals surface area contributed by atoms with Gasteiger partial charge >= 0.3 is 11.9 Å². The molecule has 0 aromatic carbocycles. The zero-order valence-corrected chi connectivity index (χ0v) is 47.8. The van der Waals surface area contributed by atoms with E-state index >= 15 is 0 Å². The summed E-state index contributed by atoms with van der Waals surface area (Å²) >= 11 is 0. The lowest BCUT2D eigenvalue weighted by molar-refractivity contribution is -0.870. The summed E-state index contributed by atoms with van der Waals surface area (Å²) < 4.78 is 22.7. The molecule has 0 spiro atoms. The van der Waals surface area contributed by atoms with Gasteiger partial charge in [-0.1, -0.05) is 262 Å². The zero-order valence-electron chi connectivity index (χ0n) is 47.8. The van der Waals surface area contributed by atoms with Crippen LogP contribution >= 0.6 is 0 Å². The standard InChI is InChI=1S/C63H115NO8/c1-6-8-10-12-14-16-18-20-22-24-26-28-30-32-33-35-37-39-41-43-45-47-49-51-53-60(65)70-57-59(58-71-63(62(67)68)69-56-55-64(3,4)5)72-61(66)54-52-50-48-46-44-42-40-38-36-34-31-29-27-25-23-21-19-17-15-13-11-9-7-2/h9,11,15,17,21,23,27,29,59,63H,6-8,10,12-14,16,18-20,22,24-26,28,30-58H2,1-5H3/b11-9-,17-15-,23-21-,29-27-. The highest BCUT2D eigenvalue weighted by Gasteiger charge is 2.22. The first-order valence-electron chi connectivity index (χ1n) is 30.3. The Hall–Kier alpha value is -2.75. The van der Waals surface area contributed by atoms with Gasteiger partial charge in [0.25, 0.3) is 0 Å². The number of nitrogens with zero attached hydrogens (tertiary/aromatic N) is 1. The van der Waals surface area contributed by atoms with E-state index in [1.165, 1.54) is 173 Å². The lowest BCUT2D eigenvalue weighted by atomic mass is 10.0. The van der Waals surface area contributed by atoms with Crippen LogP contribution in [0, 0.1) is 0 Å². The van der Waals surface area contributed by atoms with Crippen LogP contribution < -0.4 is 5.11 Å². The Morgan fingerprint density at radius 1 is 0.431 bits per heavy atom. The molecule has 0 rings (SSSR count). The summed E-state index contributed by atoms with van der Waals surface area (Å²) in [5.74, 6) is -2.27. The van der Waals surface area contributed by atoms with Crippen molar-refractivity contribution in [3.8, 4) is 0 Å². The van der Waals surface area contributed by atoms with Gasteiger partial charge in [0, 0.05) is 12.8 Å². The van der Waals surface area contributed by atoms with Crippen LogP contribution in [0.3, 0.4) is 0 Å². The van der Waals surface area contributed by atoms with Gasteiger partial charge in [0.1, 0.15) is 13.2 Å². The molecule has 0 bridgehead atoms. The summed E-state index contributed by atoms with van der Waals surface area (Å²) in [5, 5.41) is 11.8. The number of quaternary nitrogens is 1. The van der Waals surface area contributed by atoms with Gasteiger partial charge in [-0.15, -0.1) is 0 Å². The monoisotopic (exact) mass is 1010 g/mol. The molecule has 0 aliphatic carbocycles. The van der Waals surface area contributed by atoms with Crippen molar-refractivity contribution in [1.29, 1.82) is 0 Å². The van der Waals surface area contributed by atoms with Crippen LogP contribution in [0.1, 0.15) is 277 Å². The molecule has 0 aromatic heterocycles. The Morgan fingerprint density at radius 3 is 1.18 bits per heavy atom. The molecule has 2 unspecified atom stereocenters. The molecule has 0 aliphatic rings. The number of carboxylic acids is 1. The molecule has 420 valence electrons. The van der Waals surface area contributed by atoms with Gasteiger partial charge in [-0.25, -0.2) is 0 Å². The maximum absolute atomic E-state index is 12.9. The molecule has 72 heavy (non-hydrogen) atoms. The smallest absolute Gasteiger partial charge is 0.306 e. The second-order valence-electron chi connectivity index (χ2n) is 21.6.